The van der Waals surface area contributed by atoms with Gasteiger partial charge < -0.3 is 15.5 Å². The van der Waals surface area contributed by atoms with Gasteiger partial charge in [-0.3, -0.25) is 19.3 Å². The molecule has 27 heavy (non-hydrogen) atoms. The summed E-state index contributed by atoms with van der Waals surface area (Å²) in [6.45, 7) is 7.34. The molecule has 7 heteroatoms. The number of carbonyl (C=O) groups excluding carboxylic acids is 3. The second-order valence-corrected chi connectivity index (χ2v) is 7.04. The number of nitrogens with zero attached hydrogens (tertiary/aromatic N) is 2. The third-order valence-electron chi connectivity index (χ3n) is 4.79. The number of carbonyl (C=O) groups is 3. The van der Waals surface area contributed by atoms with Crippen LogP contribution in [0.5, 0.6) is 0 Å². The Labute approximate surface area is 161 Å². The Bertz CT molecular complexity index is 660. The van der Waals surface area contributed by atoms with Gasteiger partial charge in [0.05, 0.1) is 13.1 Å². The van der Waals surface area contributed by atoms with E-state index in [4.69, 9.17) is 0 Å². The van der Waals surface area contributed by atoms with Gasteiger partial charge in [0.1, 0.15) is 0 Å². The van der Waals surface area contributed by atoms with Gasteiger partial charge in [0, 0.05) is 30.9 Å². The normalized spacial score (nSPS) is 16.9. The molecule has 1 atom stereocenters. The Morgan fingerprint density at radius 2 is 1.70 bits per heavy atom. The Balaban J connectivity index is 1.85. The van der Waals surface area contributed by atoms with Crippen LogP contribution in [0.2, 0.25) is 0 Å². The Kier molecular flexibility index (Phi) is 7.79. The summed E-state index contributed by atoms with van der Waals surface area (Å²) in [5.41, 5.74) is 1.33. The van der Waals surface area contributed by atoms with Crippen molar-refractivity contribution in [3.8, 4) is 0 Å². The lowest BCUT2D eigenvalue weighted by atomic mass is 10.0. The third kappa shape index (κ3) is 6.67. The second kappa shape index (κ2) is 10.1. The smallest absolute Gasteiger partial charge is 0.238 e. The summed E-state index contributed by atoms with van der Waals surface area (Å²) < 4.78 is 0. The van der Waals surface area contributed by atoms with E-state index in [1.165, 1.54) is 13.3 Å². The van der Waals surface area contributed by atoms with Gasteiger partial charge in [-0.25, -0.2) is 0 Å². The van der Waals surface area contributed by atoms with E-state index in [0.29, 0.717) is 17.9 Å². The summed E-state index contributed by atoms with van der Waals surface area (Å²) in [4.78, 5) is 39.7. The van der Waals surface area contributed by atoms with Crippen LogP contribution >= 0.6 is 0 Å². The van der Waals surface area contributed by atoms with Crippen molar-refractivity contribution in [2.45, 2.75) is 46.1 Å². The molecule has 0 spiro atoms. The Morgan fingerprint density at radius 3 is 2.26 bits per heavy atom. The molecule has 0 aromatic heterocycles. The molecule has 1 aromatic carbocycles. The lowest BCUT2D eigenvalue weighted by Gasteiger charge is -2.34. The molecule has 1 saturated heterocycles. The fourth-order valence-electron chi connectivity index (χ4n) is 3.27. The summed E-state index contributed by atoms with van der Waals surface area (Å²) in [5, 5.41) is 5.51. The molecular weight excluding hydrogens is 344 g/mol. The quantitative estimate of drug-likeness (QED) is 0.767. The number of likely N-dealkylation sites (tertiary alicyclic amines) is 1. The van der Waals surface area contributed by atoms with Gasteiger partial charge in [0.15, 0.2) is 0 Å². The van der Waals surface area contributed by atoms with Crippen molar-refractivity contribution in [3.05, 3.63) is 24.3 Å². The second-order valence-electron chi connectivity index (χ2n) is 7.04. The van der Waals surface area contributed by atoms with Gasteiger partial charge in [0.2, 0.25) is 17.7 Å². The molecule has 1 aliphatic heterocycles. The van der Waals surface area contributed by atoms with Gasteiger partial charge in [-0.1, -0.05) is 6.92 Å². The van der Waals surface area contributed by atoms with Crippen LogP contribution in [0.4, 0.5) is 11.4 Å². The van der Waals surface area contributed by atoms with Crippen LogP contribution in [-0.2, 0) is 14.4 Å². The monoisotopic (exact) mass is 374 g/mol. The van der Waals surface area contributed by atoms with Crippen molar-refractivity contribution in [2.75, 3.05) is 36.8 Å². The summed E-state index contributed by atoms with van der Waals surface area (Å²) in [7, 11) is 0. The highest BCUT2D eigenvalue weighted by Crippen LogP contribution is 2.17. The maximum Gasteiger partial charge on any atom is 0.238 e. The zero-order valence-electron chi connectivity index (χ0n) is 16.5. The number of amides is 3. The molecule has 2 N–H and O–H groups in total. The number of likely N-dealkylation sites (N-methyl/N-ethyl adjacent to an activating group) is 1. The molecule has 3 amide bonds. The van der Waals surface area contributed by atoms with E-state index in [2.05, 4.69) is 17.6 Å². The Morgan fingerprint density at radius 1 is 1.07 bits per heavy atom. The van der Waals surface area contributed by atoms with E-state index in [1.807, 2.05) is 16.7 Å². The SMILES string of the molecule is CCN(CC(=O)Nc1ccc(NC(C)=O)cc1)CC(=O)N1CCCCC1C. The molecule has 1 fully saturated rings. The van der Waals surface area contributed by atoms with E-state index in [-0.39, 0.29) is 36.9 Å². The first-order chi connectivity index (χ1) is 12.9. The van der Waals surface area contributed by atoms with Crippen molar-refractivity contribution in [2.24, 2.45) is 0 Å². The molecule has 2 rings (SSSR count). The fraction of sp³-hybridized carbons (Fsp3) is 0.550. The molecule has 7 nitrogen and oxygen atoms in total. The molecule has 0 bridgehead atoms. The maximum atomic E-state index is 12.6. The van der Waals surface area contributed by atoms with E-state index in [9.17, 15) is 14.4 Å². The topological polar surface area (TPSA) is 81.8 Å². The lowest BCUT2D eigenvalue weighted by molar-refractivity contribution is -0.136. The fourth-order valence-corrected chi connectivity index (χ4v) is 3.27. The summed E-state index contributed by atoms with van der Waals surface area (Å²) in [5.74, 6) is -0.210. The molecule has 1 aromatic rings. The standard InChI is InChI=1S/C20H30N4O3/c1-4-23(14-20(27)24-12-6-5-7-15(24)2)13-19(26)22-18-10-8-17(9-11-18)21-16(3)25/h8-11,15H,4-7,12-14H2,1-3H3,(H,21,25)(H,22,26). The molecule has 1 aliphatic rings. The zero-order valence-corrected chi connectivity index (χ0v) is 16.5. The molecule has 0 aliphatic carbocycles. The van der Waals surface area contributed by atoms with Gasteiger partial charge in [0.25, 0.3) is 0 Å². The third-order valence-corrected chi connectivity index (χ3v) is 4.79. The van der Waals surface area contributed by atoms with Gasteiger partial charge in [-0.05, 0) is 57.0 Å². The number of hydrogen-bond acceptors (Lipinski definition) is 4. The highest BCUT2D eigenvalue weighted by atomic mass is 16.2. The Hall–Kier alpha value is -2.41. The van der Waals surface area contributed by atoms with E-state index in [0.717, 1.165) is 19.4 Å². The van der Waals surface area contributed by atoms with Gasteiger partial charge in [-0.2, -0.15) is 0 Å². The summed E-state index contributed by atoms with van der Waals surface area (Å²) >= 11 is 0. The largest absolute Gasteiger partial charge is 0.339 e. The number of rotatable bonds is 7. The first-order valence-corrected chi connectivity index (χ1v) is 9.58. The van der Waals surface area contributed by atoms with E-state index < -0.39 is 0 Å². The first-order valence-electron chi connectivity index (χ1n) is 9.58. The van der Waals surface area contributed by atoms with Crippen LogP contribution in [-0.4, -0.2) is 59.7 Å². The van der Waals surface area contributed by atoms with Crippen molar-refractivity contribution < 1.29 is 14.4 Å². The van der Waals surface area contributed by atoms with Crippen LogP contribution in [0, 0.1) is 0 Å². The van der Waals surface area contributed by atoms with Crippen molar-refractivity contribution in [1.29, 1.82) is 0 Å². The van der Waals surface area contributed by atoms with E-state index in [1.54, 1.807) is 24.3 Å². The van der Waals surface area contributed by atoms with Crippen molar-refractivity contribution >= 4 is 29.1 Å². The van der Waals surface area contributed by atoms with Crippen molar-refractivity contribution in [3.63, 3.8) is 0 Å². The minimum atomic E-state index is -0.163. The average Bonchev–Trinajstić information content (AvgIpc) is 2.62. The lowest BCUT2D eigenvalue weighted by Crippen LogP contribution is -2.48. The zero-order chi connectivity index (χ0) is 19.8. The molecule has 1 unspecified atom stereocenters. The minimum Gasteiger partial charge on any atom is -0.339 e. The number of benzene rings is 1. The molecule has 0 saturated carbocycles. The average molecular weight is 374 g/mol. The summed E-state index contributed by atoms with van der Waals surface area (Å²) in [6.07, 6.45) is 3.27. The molecule has 148 valence electrons. The van der Waals surface area contributed by atoms with Gasteiger partial charge >= 0.3 is 0 Å². The molecular formula is C20H30N4O3. The highest BCUT2D eigenvalue weighted by Gasteiger charge is 2.24. The van der Waals surface area contributed by atoms with Crippen LogP contribution < -0.4 is 10.6 Å². The van der Waals surface area contributed by atoms with E-state index >= 15 is 0 Å². The minimum absolute atomic E-state index is 0.0940. The molecule has 0 radical (unpaired) electrons. The number of nitrogens with one attached hydrogen (secondary N) is 2. The number of hydrogen-bond donors (Lipinski definition) is 2. The van der Waals surface area contributed by atoms with Crippen molar-refractivity contribution in [1.82, 2.24) is 9.80 Å². The number of piperidine rings is 1. The van der Waals surface area contributed by atoms with Gasteiger partial charge in [-0.15, -0.1) is 0 Å². The maximum absolute atomic E-state index is 12.6. The van der Waals surface area contributed by atoms with Crippen LogP contribution in [0.3, 0.4) is 0 Å². The first kappa shape index (κ1) is 20.9. The van der Waals surface area contributed by atoms with Crippen LogP contribution in [0.15, 0.2) is 24.3 Å². The highest BCUT2D eigenvalue weighted by molar-refractivity contribution is 5.93. The van der Waals surface area contributed by atoms with Crippen LogP contribution in [0.1, 0.15) is 40.0 Å². The summed E-state index contributed by atoms with van der Waals surface area (Å²) in [6, 6.07) is 7.21. The molecule has 1 heterocycles. The number of anilines is 2. The van der Waals surface area contributed by atoms with Crippen LogP contribution in [0.25, 0.3) is 0 Å². The predicted molar refractivity (Wildman–Crippen MR) is 107 cm³/mol. The predicted octanol–water partition coefficient (Wildman–Crippen LogP) is 2.31.